The van der Waals surface area contributed by atoms with Crippen molar-refractivity contribution in [3.63, 3.8) is 0 Å². The summed E-state index contributed by atoms with van der Waals surface area (Å²) < 4.78 is 1.23. The summed E-state index contributed by atoms with van der Waals surface area (Å²) >= 11 is 0. The van der Waals surface area contributed by atoms with Gasteiger partial charge in [0.1, 0.15) is 12.0 Å². The van der Waals surface area contributed by atoms with E-state index in [-0.39, 0.29) is 5.70 Å². The van der Waals surface area contributed by atoms with E-state index in [1.165, 1.54) is 11.0 Å². The fraction of sp³-hybridized carbons (Fsp3) is 0. The number of rotatable bonds is 3. The van der Waals surface area contributed by atoms with Crippen LogP contribution in [0.2, 0.25) is 0 Å². The van der Waals surface area contributed by atoms with Crippen molar-refractivity contribution >= 4 is 17.7 Å². The molecule has 80 valence electrons. The lowest BCUT2D eigenvalue weighted by Gasteiger charge is -2.01. The summed E-state index contributed by atoms with van der Waals surface area (Å²) in [6.07, 6.45) is 2.94. The molecule has 0 aliphatic carbocycles. The van der Waals surface area contributed by atoms with Gasteiger partial charge in [0.25, 0.3) is 5.91 Å². The highest BCUT2D eigenvalue weighted by Gasteiger charge is 2.08. The van der Waals surface area contributed by atoms with Gasteiger partial charge in [0.2, 0.25) is 0 Å². The average Bonchev–Trinajstić information content (AvgIpc) is 2.80. The first-order chi connectivity index (χ1) is 7.77. The Labute approximate surface area is 91.4 Å². The summed E-state index contributed by atoms with van der Waals surface area (Å²) in [6, 6.07) is 9.33. The summed E-state index contributed by atoms with van der Waals surface area (Å²) in [5, 5.41) is 10.5. The predicted molar refractivity (Wildman–Crippen MR) is 57.6 cm³/mol. The fourth-order valence-electron chi connectivity index (χ4n) is 1.23. The van der Waals surface area contributed by atoms with Crippen molar-refractivity contribution < 1.29 is 4.79 Å². The van der Waals surface area contributed by atoms with E-state index < -0.39 is 5.91 Å². The number of tetrazole rings is 1. The molecule has 0 radical (unpaired) electrons. The maximum Gasteiger partial charge on any atom is 0.267 e. The standard InChI is InChI=1S/C10H9N5O/c11-10(16)9(15-7-12-13-14-15)6-8-4-2-1-3-5-8/h1-7H,(H2,11,16)/b9-6+. The first-order valence-electron chi connectivity index (χ1n) is 4.57. The minimum atomic E-state index is -0.587. The second-order valence-electron chi connectivity index (χ2n) is 3.06. The second-order valence-corrected chi connectivity index (χ2v) is 3.06. The monoisotopic (exact) mass is 215 g/mol. The van der Waals surface area contributed by atoms with Gasteiger partial charge in [0.05, 0.1) is 0 Å². The molecule has 2 aromatic rings. The summed E-state index contributed by atoms with van der Waals surface area (Å²) in [4.78, 5) is 11.2. The molecule has 2 rings (SSSR count). The zero-order valence-electron chi connectivity index (χ0n) is 8.32. The van der Waals surface area contributed by atoms with Crippen LogP contribution in [0.3, 0.4) is 0 Å². The molecule has 0 bridgehead atoms. The molecule has 1 aromatic carbocycles. The summed E-state index contributed by atoms with van der Waals surface area (Å²) in [5.74, 6) is -0.587. The van der Waals surface area contributed by atoms with E-state index in [1.807, 2.05) is 30.3 Å². The van der Waals surface area contributed by atoms with Crippen LogP contribution in [-0.2, 0) is 4.79 Å². The second kappa shape index (κ2) is 4.35. The van der Waals surface area contributed by atoms with Gasteiger partial charge in [-0.15, -0.1) is 5.10 Å². The van der Waals surface area contributed by atoms with E-state index in [0.29, 0.717) is 0 Å². The molecule has 6 nitrogen and oxygen atoms in total. The fourth-order valence-corrected chi connectivity index (χ4v) is 1.23. The lowest BCUT2D eigenvalue weighted by atomic mass is 10.2. The van der Waals surface area contributed by atoms with E-state index in [0.717, 1.165) is 5.56 Å². The van der Waals surface area contributed by atoms with Crippen LogP contribution in [0.1, 0.15) is 5.56 Å². The Morgan fingerprint density at radius 3 is 2.62 bits per heavy atom. The molecule has 16 heavy (non-hydrogen) atoms. The van der Waals surface area contributed by atoms with Crippen molar-refractivity contribution in [2.45, 2.75) is 0 Å². The maximum atomic E-state index is 11.2. The number of nitrogens with two attached hydrogens (primary N) is 1. The third-order valence-corrected chi connectivity index (χ3v) is 1.95. The number of aromatic nitrogens is 4. The van der Waals surface area contributed by atoms with Crippen LogP contribution in [0.25, 0.3) is 11.8 Å². The average molecular weight is 215 g/mol. The Bertz CT molecular complexity index is 503. The minimum Gasteiger partial charge on any atom is -0.364 e. The molecular formula is C10H9N5O. The molecule has 0 aliphatic heterocycles. The lowest BCUT2D eigenvalue weighted by Crippen LogP contribution is -2.18. The Balaban J connectivity index is 2.42. The van der Waals surface area contributed by atoms with E-state index >= 15 is 0 Å². The lowest BCUT2D eigenvalue weighted by molar-refractivity contribution is -0.113. The van der Waals surface area contributed by atoms with Crippen LogP contribution in [0.15, 0.2) is 36.7 Å². The van der Waals surface area contributed by atoms with Crippen molar-refractivity contribution in [2.24, 2.45) is 5.73 Å². The first kappa shape index (κ1) is 10.0. The predicted octanol–water partition coefficient (Wildman–Crippen LogP) is 0.156. The highest BCUT2D eigenvalue weighted by Crippen LogP contribution is 2.08. The Morgan fingerprint density at radius 2 is 2.06 bits per heavy atom. The topological polar surface area (TPSA) is 86.7 Å². The van der Waals surface area contributed by atoms with Crippen molar-refractivity contribution in [2.75, 3.05) is 0 Å². The minimum absolute atomic E-state index is 0.219. The number of nitrogens with zero attached hydrogens (tertiary/aromatic N) is 4. The van der Waals surface area contributed by atoms with Gasteiger partial charge in [0.15, 0.2) is 0 Å². The van der Waals surface area contributed by atoms with Crippen LogP contribution in [-0.4, -0.2) is 26.1 Å². The molecule has 0 fully saturated rings. The van der Waals surface area contributed by atoms with Crippen LogP contribution in [0.4, 0.5) is 0 Å². The van der Waals surface area contributed by atoms with Crippen molar-refractivity contribution in [1.29, 1.82) is 0 Å². The van der Waals surface area contributed by atoms with Gasteiger partial charge in [-0.05, 0) is 22.1 Å². The smallest absolute Gasteiger partial charge is 0.267 e. The molecule has 0 atom stereocenters. The Hall–Kier alpha value is -2.50. The number of carbonyl (C=O) groups is 1. The van der Waals surface area contributed by atoms with Crippen LogP contribution >= 0.6 is 0 Å². The number of hydrogen-bond acceptors (Lipinski definition) is 4. The first-order valence-corrected chi connectivity index (χ1v) is 4.57. The van der Waals surface area contributed by atoms with E-state index in [9.17, 15) is 4.79 Å². The molecule has 1 aromatic heterocycles. The molecule has 0 saturated heterocycles. The highest BCUT2D eigenvalue weighted by atomic mass is 16.1. The Morgan fingerprint density at radius 1 is 1.31 bits per heavy atom. The molecule has 1 amide bonds. The molecule has 0 aliphatic rings. The van der Waals surface area contributed by atoms with Crippen LogP contribution in [0, 0.1) is 0 Å². The van der Waals surface area contributed by atoms with Gasteiger partial charge < -0.3 is 5.73 Å². The molecule has 0 saturated carbocycles. The molecule has 0 spiro atoms. The molecule has 2 N–H and O–H groups in total. The van der Waals surface area contributed by atoms with Gasteiger partial charge in [-0.25, -0.2) is 0 Å². The molecular weight excluding hydrogens is 206 g/mol. The normalized spacial score (nSPS) is 11.4. The SMILES string of the molecule is NC(=O)/C(=C\c1ccccc1)n1cnnn1. The third kappa shape index (κ3) is 2.11. The van der Waals surface area contributed by atoms with E-state index in [4.69, 9.17) is 5.73 Å². The summed E-state index contributed by atoms with van der Waals surface area (Å²) in [6.45, 7) is 0. The van der Waals surface area contributed by atoms with Crippen molar-refractivity contribution in [3.05, 3.63) is 42.2 Å². The zero-order valence-corrected chi connectivity index (χ0v) is 8.32. The van der Waals surface area contributed by atoms with E-state index in [2.05, 4.69) is 15.5 Å². The molecule has 6 heteroatoms. The quantitative estimate of drug-likeness (QED) is 0.738. The van der Waals surface area contributed by atoms with Crippen molar-refractivity contribution in [3.8, 4) is 0 Å². The van der Waals surface area contributed by atoms with E-state index in [1.54, 1.807) is 6.08 Å². The van der Waals surface area contributed by atoms with Crippen LogP contribution in [0.5, 0.6) is 0 Å². The number of carbonyl (C=O) groups excluding carboxylic acids is 1. The number of amides is 1. The zero-order chi connectivity index (χ0) is 11.4. The third-order valence-electron chi connectivity index (χ3n) is 1.95. The molecule has 0 unspecified atom stereocenters. The number of hydrogen-bond donors (Lipinski definition) is 1. The van der Waals surface area contributed by atoms with Crippen LogP contribution < -0.4 is 5.73 Å². The highest BCUT2D eigenvalue weighted by molar-refractivity contribution is 6.17. The largest absolute Gasteiger partial charge is 0.364 e. The van der Waals surface area contributed by atoms with Gasteiger partial charge in [0, 0.05) is 0 Å². The Kier molecular flexibility index (Phi) is 2.73. The maximum absolute atomic E-state index is 11.2. The molecule has 1 heterocycles. The van der Waals surface area contributed by atoms with Crippen molar-refractivity contribution in [1.82, 2.24) is 20.2 Å². The van der Waals surface area contributed by atoms with Gasteiger partial charge in [-0.2, -0.15) is 4.68 Å². The summed E-state index contributed by atoms with van der Waals surface area (Å²) in [7, 11) is 0. The van der Waals surface area contributed by atoms with Gasteiger partial charge in [-0.1, -0.05) is 30.3 Å². The number of primary amides is 1. The number of benzene rings is 1. The van der Waals surface area contributed by atoms with Gasteiger partial charge in [-0.3, -0.25) is 4.79 Å². The summed E-state index contributed by atoms with van der Waals surface area (Å²) in [5.41, 5.74) is 6.32. The van der Waals surface area contributed by atoms with Gasteiger partial charge >= 0.3 is 0 Å².